The van der Waals surface area contributed by atoms with Gasteiger partial charge in [0, 0.05) is 31.1 Å². The average Bonchev–Trinajstić information content (AvgIpc) is 3.30. The van der Waals surface area contributed by atoms with E-state index < -0.39 is 0 Å². The van der Waals surface area contributed by atoms with Gasteiger partial charge in [0.05, 0.1) is 24.9 Å². The monoisotopic (exact) mass is 330 g/mol. The summed E-state index contributed by atoms with van der Waals surface area (Å²) >= 11 is 0. The molecule has 2 aromatic heterocycles. The van der Waals surface area contributed by atoms with Crippen LogP contribution in [0.15, 0.2) is 18.7 Å². The molecule has 0 aromatic carbocycles. The van der Waals surface area contributed by atoms with Gasteiger partial charge in [-0.3, -0.25) is 4.79 Å². The highest BCUT2D eigenvalue weighted by Crippen LogP contribution is 2.23. The first-order chi connectivity index (χ1) is 11.8. The van der Waals surface area contributed by atoms with Crippen molar-refractivity contribution < 1.29 is 14.3 Å². The van der Waals surface area contributed by atoms with Gasteiger partial charge in [-0.15, -0.1) is 5.10 Å². The normalized spacial score (nSPS) is 23.0. The maximum atomic E-state index is 12.0. The summed E-state index contributed by atoms with van der Waals surface area (Å²) in [6.07, 6.45) is 6.14. The molecule has 2 aliphatic rings. The fourth-order valence-electron chi connectivity index (χ4n) is 2.95. The summed E-state index contributed by atoms with van der Waals surface area (Å²) in [5, 5.41) is 11.3. The molecule has 0 radical (unpaired) electrons. The van der Waals surface area contributed by atoms with E-state index in [-0.39, 0.29) is 18.1 Å². The average molecular weight is 330 g/mol. The summed E-state index contributed by atoms with van der Waals surface area (Å²) < 4.78 is 13.0. The van der Waals surface area contributed by atoms with E-state index in [0.717, 1.165) is 29.8 Å². The van der Waals surface area contributed by atoms with Gasteiger partial charge in [0.25, 0.3) is 0 Å². The molecule has 4 heterocycles. The van der Waals surface area contributed by atoms with E-state index in [1.165, 1.54) is 6.33 Å². The van der Waals surface area contributed by atoms with Crippen LogP contribution in [0, 0.1) is 0 Å². The summed E-state index contributed by atoms with van der Waals surface area (Å²) in [4.78, 5) is 20.0. The second-order valence-corrected chi connectivity index (χ2v) is 5.87. The number of hydrogen-bond acceptors (Lipinski definition) is 7. The lowest BCUT2D eigenvalue weighted by Gasteiger charge is -2.24. The zero-order valence-corrected chi connectivity index (χ0v) is 13.1. The highest BCUT2D eigenvalue weighted by molar-refractivity contribution is 5.80. The van der Waals surface area contributed by atoms with Gasteiger partial charge in [0.15, 0.2) is 0 Å². The van der Waals surface area contributed by atoms with Crippen molar-refractivity contribution >= 4 is 5.91 Å². The second-order valence-electron chi connectivity index (χ2n) is 5.87. The number of ether oxygens (including phenoxy) is 2. The van der Waals surface area contributed by atoms with Crippen LogP contribution < -0.4 is 5.32 Å². The van der Waals surface area contributed by atoms with E-state index in [9.17, 15) is 4.79 Å². The van der Waals surface area contributed by atoms with Crippen LogP contribution in [0.5, 0.6) is 0 Å². The molecule has 1 fully saturated rings. The Labute approximate surface area is 138 Å². The third kappa shape index (κ3) is 3.00. The van der Waals surface area contributed by atoms with Gasteiger partial charge in [-0.2, -0.15) is 0 Å². The molecule has 2 aliphatic heterocycles. The largest absolute Gasteiger partial charge is 0.368 e. The van der Waals surface area contributed by atoms with Crippen molar-refractivity contribution in [3.8, 4) is 11.3 Å². The van der Waals surface area contributed by atoms with Gasteiger partial charge < -0.3 is 14.8 Å². The Morgan fingerprint density at radius 3 is 3.00 bits per heavy atom. The van der Waals surface area contributed by atoms with Crippen LogP contribution in [0.1, 0.15) is 18.5 Å². The molecule has 0 spiro atoms. The Balaban J connectivity index is 1.38. The highest BCUT2D eigenvalue weighted by Gasteiger charge is 2.27. The van der Waals surface area contributed by atoms with Gasteiger partial charge >= 0.3 is 0 Å². The number of carbonyl (C=O) groups excluding carboxylic acids is 1. The van der Waals surface area contributed by atoms with E-state index in [4.69, 9.17) is 9.47 Å². The smallest absolute Gasteiger partial charge is 0.249 e. The zero-order valence-electron chi connectivity index (χ0n) is 13.1. The molecule has 0 saturated carbocycles. The summed E-state index contributed by atoms with van der Waals surface area (Å²) in [5.41, 5.74) is 2.44. The number of amides is 1. The Kier molecular flexibility index (Phi) is 4.18. The number of nitrogens with zero attached hydrogens (tertiary/aromatic N) is 5. The summed E-state index contributed by atoms with van der Waals surface area (Å²) in [6.45, 7) is 2.02. The second kappa shape index (κ2) is 6.62. The number of aromatic nitrogens is 5. The van der Waals surface area contributed by atoms with E-state index in [1.54, 1.807) is 12.4 Å². The topological polar surface area (TPSA) is 104 Å². The Morgan fingerprint density at radius 2 is 2.21 bits per heavy atom. The minimum Gasteiger partial charge on any atom is -0.368 e. The fourth-order valence-corrected chi connectivity index (χ4v) is 2.95. The number of carbonyl (C=O) groups is 1. The molecular weight excluding hydrogens is 312 g/mol. The van der Waals surface area contributed by atoms with Gasteiger partial charge in [-0.25, -0.2) is 14.6 Å². The standard InChI is InChI=1S/C15H18N6O3/c22-15(13-2-1-3-23-13)18-6-11-7-21-12(8-24-11)14(19-20-21)10-4-16-9-17-5-10/h4-5,9,11,13H,1-3,6-8H2,(H,18,22)/t11?,13-/m0/s1. The van der Waals surface area contributed by atoms with Crippen LogP contribution in [-0.4, -0.2) is 56.2 Å². The van der Waals surface area contributed by atoms with E-state index in [2.05, 4.69) is 25.6 Å². The SMILES string of the molecule is O=C(NCC1Cn2nnc(-c3cncnc3)c2CO1)[C@@H]1CCCO1. The molecule has 24 heavy (non-hydrogen) atoms. The van der Waals surface area contributed by atoms with Crippen molar-refractivity contribution in [2.75, 3.05) is 13.2 Å². The van der Waals surface area contributed by atoms with E-state index in [0.29, 0.717) is 26.3 Å². The Hall–Kier alpha value is -2.39. The molecular formula is C15H18N6O3. The minimum atomic E-state index is -0.319. The Morgan fingerprint density at radius 1 is 1.33 bits per heavy atom. The van der Waals surface area contributed by atoms with Crippen LogP contribution in [0.3, 0.4) is 0 Å². The molecule has 1 unspecified atom stereocenters. The number of hydrogen-bond donors (Lipinski definition) is 1. The Bertz CT molecular complexity index is 713. The lowest BCUT2D eigenvalue weighted by molar-refractivity contribution is -0.131. The van der Waals surface area contributed by atoms with Crippen molar-refractivity contribution in [2.45, 2.75) is 38.2 Å². The van der Waals surface area contributed by atoms with Gasteiger partial charge in [0.2, 0.25) is 5.91 Å². The first kappa shape index (κ1) is 15.2. The summed E-state index contributed by atoms with van der Waals surface area (Å²) in [6, 6.07) is 0. The molecule has 2 atom stereocenters. The van der Waals surface area contributed by atoms with Crippen LogP contribution in [0.25, 0.3) is 11.3 Å². The van der Waals surface area contributed by atoms with Crippen molar-refractivity contribution in [2.24, 2.45) is 0 Å². The molecule has 1 saturated heterocycles. The van der Waals surface area contributed by atoms with Crippen molar-refractivity contribution in [1.29, 1.82) is 0 Å². The molecule has 1 amide bonds. The number of rotatable bonds is 4. The molecule has 2 aromatic rings. The predicted molar refractivity (Wildman–Crippen MR) is 81.6 cm³/mol. The molecule has 4 rings (SSSR count). The van der Waals surface area contributed by atoms with E-state index >= 15 is 0 Å². The molecule has 0 aliphatic carbocycles. The molecule has 9 nitrogen and oxygen atoms in total. The maximum Gasteiger partial charge on any atom is 0.249 e. The van der Waals surface area contributed by atoms with Crippen LogP contribution in [0.4, 0.5) is 0 Å². The third-order valence-corrected chi connectivity index (χ3v) is 4.23. The lowest BCUT2D eigenvalue weighted by Crippen LogP contribution is -2.42. The van der Waals surface area contributed by atoms with Crippen molar-refractivity contribution in [3.05, 3.63) is 24.4 Å². The third-order valence-electron chi connectivity index (χ3n) is 4.23. The molecule has 0 bridgehead atoms. The number of nitrogens with one attached hydrogen (secondary N) is 1. The maximum absolute atomic E-state index is 12.0. The van der Waals surface area contributed by atoms with Gasteiger partial charge in [-0.1, -0.05) is 5.21 Å². The van der Waals surface area contributed by atoms with Crippen LogP contribution in [0.2, 0.25) is 0 Å². The minimum absolute atomic E-state index is 0.0670. The van der Waals surface area contributed by atoms with E-state index in [1.807, 2.05) is 4.68 Å². The molecule has 1 N–H and O–H groups in total. The van der Waals surface area contributed by atoms with Crippen molar-refractivity contribution in [3.63, 3.8) is 0 Å². The van der Waals surface area contributed by atoms with Crippen LogP contribution >= 0.6 is 0 Å². The summed E-state index contributed by atoms with van der Waals surface area (Å²) in [7, 11) is 0. The molecule has 9 heteroatoms. The fraction of sp³-hybridized carbons (Fsp3) is 0.533. The molecule has 126 valence electrons. The van der Waals surface area contributed by atoms with Crippen LogP contribution in [-0.2, 0) is 27.4 Å². The van der Waals surface area contributed by atoms with Crippen molar-refractivity contribution in [1.82, 2.24) is 30.3 Å². The number of fused-ring (bicyclic) bond motifs is 1. The highest BCUT2D eigenvalue weighted by atomic mass is 16.5. The quantitative estimate of drug-likeness (QED) is 0.836. The zero-order chi connectivity index (χ0) is 16.4. The lowest BCUT2D eigenvalue weighted by atomic mass is 10.2. The first-order valence-corrected chi connectivity index (χ1v) is 8.00. The van der Waals surface area contributed by atoms with Gasteiger partial charge in [-0.05, 0) is 12.8 Å². The predicted octanol–water partition coefficient (Wildman–Crippen LogP) is -0.0709. The first-order valence-electron chi connectivity index (χ1n) is 8.00. The van der Waals surface area contributed by atoms with Gasteiger partial charge in [0.1, 0.15) is 18.1 Å². The summed E-state index contributed by atoms with van der Waals surface area (Å²) in [5.74, 6) is -0.0670.